The molecule has 1 saturated heterocycles. The van der Waals surface area contributed by atoms with Crippen LogP contribution in [0.2, 0.25) is 0 Å². The molecule has 10 heteroatoms. The number of halogens is 3. The molecule has 0 spiro atoms. The summed E-state index contributed by atoms with van der Waals surface area (Å²) in [5, 5.41) is 3.93. The highest BCUT2D eigenvalue weighted by Gasteiger charge is 2.39. The zero-order chi connectivity index (χ0) is 16.0. The van der Waals surface area contributed by atoms with Gasteiger partial charge in [0.25, 0.3) is 0 Å². The van der Waals surface area contributed by atoms with Crippen molar-refractivity contribution < 1.29 is 26.4 Å². The first-order valence-corrected chi connectivity index (χ1v) is 7.48. The highest BCUT2D eigenvalue weighted by molar-refractivity contribution is 7.89. The van der Waals surface area contributed by atoms with E-state index in [1.807, 2.05) is 0 Å². The molecule has 0 saturated carbocycles. The Labute approximate surface area is 118 Å². The van der Waals surface area contributed by atoms with E-state index in [4.69, 9.17) is 5.14 Å². The minimum Gasteiger partial charge on any atom is -0.309 e. The van der Waals surface area contributed by atoms with Crippen LogP contribution < -0.4 is 10.0 Å². The Balaban J connectivity index is 2.34. The van der Waals surface area contributed by atoms with Gasteiger partial charge >= 0.3 is 6.18 Å². The van der Waals surface area contributed by atoms with Gasteiger partial charge in [-0.1, -0.05) is 0 Å². The highest BCUT2D eigenvalue weighted by atomic mass is 32.2. The molecule has 2 heterocycles. The molecule has 1 fully saturated rings. The molecule has 1 aliphatic heterocycles. The lowest BCUT2D eigenvalue weighted by atomic mass is 10.2. The molecule has 1 atom stereocenters. The maximum Gasteiger partial charge on any atom is 0.433 e. The maximum atomic E-state index is 12.5. The van der Waals surface area contributed by atoms with Crippen LogP contribution in [-0.4, -0.2) is 31.1 Å². The molecular weight excluding hydrogens is 311 g/mol. The van der Waals surface area contributed by atoms with Gasteiger partial charge in [0.1, 0.15) is 10.9 Å². The van der Waals surface area contributed by atoms with E-state index in [0.717, 1.165) is 17.0 Å². The van der Waals surface area contributed by atoms with E-state index in [-0.39, 0.29) is 24.3 Å². The number of primary sulfonamides is 1. The van der Waals surface area contributed by atoms with Crippen LogP contribution in [0.4, 0.5) is 18.9 Å². The predicted molar refractivity (Wildman–Crippen MR) is 67.8 cm³/mol. The summed E-state index contributed by atoms with van der Waals surface area (Å²) in [4.78, 5) is 16.3. The van der Waals surface area contributed by atoms with Gasteiger partial charge in [-0.25, -0.2) is 18.5 Å². The summed E-state index contributed by atoms with van der Waals surface area (Å²) in [6.45, 7) is 1.13. The van der Waals surface area contributed by atoms with Gasteiger partial charge < -0.3 is 4.90 Å². The Morgan fingerprint density at radius 1 is 1.38 bits per heavy atom. The van der Waals surface area contributed by atoms with Crippen molar-refractivity contribution in [3.63, 3.8) is 0 Å². The SMILES string of the molecule is Cc1nc(C(F)(F)F)ccc1N1CC(S(N)(=O)=O)CC1=O. The third-order valence-electron chi connectivity index (χ3n) is 3.19. The van der Waals surface area contributed by atoms with Crippen LogP contribution in [0.15, 0.2) is 12.1 Å². The van der Waals surface area contributed by atoms with Crippen LogP contribution in [0.5, 0.6) is 0 Å². The Morgan fingerprint density at radius 2 is 2.00 bits per heavy atom. The fraction of sp³-hybridized carbons (Fsp3) is 0.455. The normalized spacial score (nSPS) is 20.1. The van der Waals surface area contributed by atoms with Crippen LogP contribution in [-0.2, 0) is 21.0 Å². The van der Waals surface area contributed by atoms with Crippen molar-refractivity contribution in [2.24, 2.45) is 5.14 Å². The molecule has 0 radical (unpaired) electrons. The number of nitrogens with zero attached hydrogens (tertiary/aromatic N) is 2. The number of alkyl halides is 3. The van der Waals surface area contributed by atoms with Crippen molar-refractivity contribution >= 4 is 21.6 Å². The van der Waals surface area contributed by atoms with Crippen LogP contribution in [0, 0.1) is 6.92 Å². The Morgan fingerprint density at radius 3 is 2.43 bits per heavy atom. The van der Waals surface area contributed by atoms with Crippen molar-refractivity contribution in [3.8, 4) is 0 Å². The zero-order valence-electron chi connectivity index (χ0n) is 10.9. The van der Waals surface area contributed by atoms with Crippen LogP contribution in [0.3, 0.4) is 0 Å². The minimum atomic E-state index is -4.58. The van der Waals surface area contributed by atoms with E-state index in [9.17, 15) is 26.4 Å². The van der Waals surface area contributed by atoms with Crippen LogP contribution in [0.25, 0.3) is 0 Å². The number of aromatic nitrogens is 1. The summed E-state index contributed by atoms with van der Waals surface area (Å²) in [6.07, 6.45) is -4.87. The van der Waals surface area contributed by atoms with Crippen LogP contribution >= 0.6 is 0 Å². The number of pyridine rings is 1. The molecular formula is C11H12F3N3O3S. The Kier molecular flexibility index (Phi) is 3.70. The van der Waals surface area contributed by atoms with Crippen molar-refractivity contribution in [3.05, 3.63) is 23.5 Å². The number of amides is 1. The average Bonchev–Trinajstić information content (AvgIpc) is 2.70. The van der Waals surface area contributed by atoms with E-state index in [1.54, 1.807) is 0 Å². The fourth-order valence-corrected chi connectivity index (χ4v) is 2.86. The largest absolute Gasteiger partial charge is 0.433 e. The summed E-state index contributed by atoms with van der Waals surface area (Å²) in [6, 6.07) is 1.86. The van der Waals surface area contributed by atoms with Gasteiger partial charge in [0, 0.05) is 13.0 Å². The first-order valence-electron chi connectivity index (χ1n) is 5.87. The summed E-state index contributed by atoms with van der Waals surface area (Å²) in [7, 11) is -3.88. The quantitative estimate of drug-likeness (QED) is 0.871. The topological polar surface area (TPSA) is 93.4 Å². The van der Waals surface area contributed by atoms with Gasteiger partial charge in [0.15, 0.2) is 0 Å². The van der Waals surface area contributed by atoms with Gasteiger partial charge in [-0.2, -0.15) is 13.2 Å². The minimum absolute atomic E-state index is 0.00626. The lowest BCUT2D eigenvalue weighted by molar-refractivity contribution is -0.141. The molecule has 6 nitrogen and oxygen atoms in total. The second kappa shape index (κ2) is 4.95. The smallest absolute Gasteiger partial charge is 0.309 e. The number of sulfonamides is 1. The van der Waals surface area contributed by atoms with E-state index in [1.165, 1.54) is 6.92 Å². The zero-order valence-corrected chi connectivity index (χ0v) is 11.7. The van der Waals surface area contributed by atoms with Gasteiger partial charge in [0.05, 0.1) is 11.4 Å². The standard InChI is InChI=1S/C11H12F3N3O3S/c1-6-8(2-3-9(16-6)11(12,13)14)17-5-7(4-10(17)18)21(15,19)20/h2-3,7H,4-5H2,1H3,(H2,15,19,20). The molecule has 1 aromatic heterocycles. The average molecular weight is 323 g/mol. The number of nitrogens with two attached hydrogens (primary N) is 1. The van der Waals surface area contributed by atoms with Gasteiger partial charge in [-0.05, 0) is 19.1 Å². The van der Waals surface area contributed by atoms with E-state index in [0.29, 0.717) is 0 Å². The molecule has 21 heavy (non-hydrogen) atoms. The molecule has 1 amide bonds. The lowest BCUT2D eigenvalue weighted by Crippen LogP contribution is -2.32. The number of rotatable bonds is 2. The molecule has 116 valence electrons. The molecule has 2 rings (SSSR count). The summed E-state index contributed by atoms with van der Waals surface area (Å²) in [5.41, 5.74) is -0.925. The summed E-state index contributed by atoms with van der Waals surface area (Å²) in [5.74, 6) is -0.515. The maximum absolute atomic E-state index is 12.5. The Bertz CT molecular complexity index is 688. The molecule has 1 aromatic rings. The van der Waals surface area contributed by atoms with Crippen molar-refractivity contribution in [2.45, 2.75) is 24.8 Å². The van der Waals surface area contributed by atoms with Gasteiger partial charge in [0.2, 0.25) is 15.9 Å². The molecule has 0 bridgehead atoms. The molecule has 2 N–H and O–H groups in total. The van der Waals surface area contributed by atoms with Crippen molar-refractivity contribution in [2.75, 3.05) is 11.4 Å². The number of hydrogen-bond donors (Lipinski definition) is 1. The fourth-order valence-electron chi connectivity index (χ4n) is 2.12. The number of hydrogen-bond acceptors (Lipinski definition) is 4. The number of aryl methyl sites for hydroxylation is 1. The van der Waals surface area contributed by atoms with E-state index < -0.39 is 33.1 Å². The first-order chi connectivity index (χ1) is 9.50. The van der Waals surface area contributed by atoms with Crippen LogP contribution in [0.1, 0.15) is 17.8 Å². The predicted octanol–water partition coefficient (Wildman–Crippen LogP) is 0.803. The third kappa shape index (κ3) is 3.16. The summed E-state index contributed by atoms with van der Waals surface area (Å²) >= 11 is 0. The lowest BCUT2D eigenvalue weighted by Gasteiger charge is -2.19. The number of carbonyl (C=O) groups is 1. The first kappa shape index (κ1) is 15.7. The second-order valence-electron chi connectivity index (χ2n) is 4.72. The van der Waals surface area contributed by atoms with Crippen molar-refractivity contribution in [1.82, 2.24) is 4.98 Å². The molecule has 0 aromatic carbocycles. The van der Waals surface area contributed by atoms with E-state index >= 15 is 0 Å². The third-order valence-corrected chi connectivity index (χ3v) is 4.44. The second-order valence-corrected chi connectivity index (χ2v) is 6.56. The highest BCUT2D eigenvalue weighted by Crippen LogP contribution is 2.32. The summed E-state index contributed by atoms with van der Waals surface area (Å²) < 4.78 is 60.1. The Hall–Kier alpha value is -1.68. The van der Waals surface area contributed by atoms with Gasteiger partial charge in [-0.3, -0.25) is 4.79 Å². The monoisotopic (exact) mass is 323 g/mol. The number of carbonyl (C=O) groups excluding carboxylic acids is 1. The molecule has 1 unspecified atom stereocenters. The van der Waals surface area contributed by atoms with E-state index in [2.05, 4.69) is 4.98 Å². The van der Waals surface area contributed by atoms with Gasteiger partial charge in [-0.15, -0.1) is 0 Å². The number of anilines is 1. The van der Waals surface area contributed by atoms with Crippen molar-refractivity contribution in [1.29, 1.82) is 0 Å². The molecule has 1 aliphatic rings. The molecule has 0 aliphatic carbocycles.